The van der Waals surface area contributed by atoms with Crippen LogP contribution in [0.25, 0.3) is 11.4 Å². The van der Waals surface area contributed by atoms with Crippen molar-refractivity contribution in [2.45, 2.75) is 33.1 Å². The number of benzene rings is 1. The molecule has 2 N–H and O–H groups in total. The van der Waals surface area contributed by atoms with Gasteiger partial charge in [0.15, 0.2) is 5.82 Å². The van der Waals surface area contributed by atoms with Crippen LogP contribution in [0.15, 0.2) is 28.7 Å². The van der Waals surface area contributed by atoms with Gasteiger partial charge in [0.05, 0.1) is 0 Å². The molecule has 0 aliphatic heterocycles. The topological polar surface area (TPSA) is 51.8 Å². The van der Waals surface area contributed by atoms with Crippen LogP contribution in [0.5, 0.6) is 0 Å². The predicted molar refractivity (Wildman–Crippen MR) is 86.7 cm³/mol. The van der Waals surface area contributed by atoms with Gasteiger partial charge >= 0.3 is 0 Å². The summed E-state index contributed by atoms with van der Waals surface area (Å²) >= 11 is 3.58. The van der Waals surface area contributed by atoms with Gasteiger partial charge in [-0.2, -0.15) is 0 Å². The van der Waals surface area contributed by atoms with E-state index < -0.39 is 0 Å². The maximum absolute atomic E-state index is 5.72. The van der Waals surface area contributed by atoms with Gasteiger partial charge in [-0.3, -0.25) is 0 Å². The smallest absolute Gasteiger partial charge is 0.160 e. The molecule has 0 unspecified atom stereocenters. The summed E-state index contributed by atoms with van der Waals surface area (Å²) in [6, 6.07) is 8.07. The average Bonchev–Trinajstić information content (AvgIpc) is 2.48. The summed E-state index contributed by atoms with van der Waals surface area (Å²) in [5, 5.41) is 0. The Kier molecular flexibility index (Phi) is 5.26. The molecule has 0 aliphatic rings. The Morgan fingerprint density at radius 1 is 1.05 bits per heavy atom. The van der Waals surface area contributed by atoms with Crippen LogP contribution >= 0.6 is 15.9 Å². The highest BCUT2D eigenvalue weighted by Crippen LogP contribution is 2.27. The Morgan fingerprint density at radius 3 is 2.15 bits per heavy atom. The van der Waals surface area contributed by atoms with Gasteiger partial charge < -0.3 is 5.73 Å². The van der Waals surface area contributed by atoms with Gasteiger partial charge in [-0.15, -0.1) is 0 Å². The lowest BCUT2D eigenvalue weighted by atomic mass is 10.0. The van der Waals surface area contributed by atoms with Crippen LogP contribution in [-0.4, -0.2) is 16.5 Å². The Morgan fingerprint density at radius 2 is 1.65 bits per heavy atom. The van der Waals surface area contributed by atoms with Gasteiger partial charge in [0.25, 0.3) is 0 Å². The van der Waals surface area contributed by atoms with Crippen LogP contribution in [-0.2, 0) is 19.3 Å². The normalized spacial score (nSPS) is 10.8. The van der Waals surface area contributed by atoms with E-state index in [1.54, 1.807) is 0 Å². The van der Waals surface area contributed by atoms with Crippen molar-refractivity contribution >= 4 is 15.9 Å². The minimum atomic E-state index is 0.637. The third-order valence-corrected chi connectivity index (χ3v) is 4.05. The lowest BCUT2D eigenvalue weighted by Crippen LogP contribution is -2.12. The fourth-order valence-corrected chi connectivity index (χ4v) is 2.83. The molecule has 0 amide bonds. The molecule has 1 heterocycles. The average molecular weight is 334 g/mol. The number of hydrogen-bond donors (Lipinski definition) is 1. The summed E-state index contributed by atoms with van der Waals surface area (Å²) in [5.74, 6) is 0.798. The van der Waals surface area contributed by atoms with Gasteiger partial charge in [0.1, 0.15) is 0 Å². The molecule has 4 heteroatoms. The van der Waals surface area contributed by atoms with Crippen LogP contribution < -0.4 is 5.73 Å². The molecule has 1 aromatic heterocycles. The van der Waals surface area contributed by atoms with Gasteiger partial charge in [-0.05, 0) is 37.4 Å². The fraction of sp³-hybridized carbons (Fsp3) is 0.375. The van der Waals surface area contributed by atoms with Crippen LogP contribution in [0.4, 0.5) is 0 Å². The molecule has 106 valence electrons. The molecule has 2 rings (SSSR count). The molecule has 20 heavy (non-hydrogen) atoms. The second-order valence-electron chi connectivity index (χ2n) is 4.64. The zero-order chi connectivity index (χ0) is 14.5. The van der Waals surface area contributed by atoms with Crippen molar-refractivity contribution < 1.29 is 0 Å². The summed E-state index contributed by atoms with van der Waals surface area (Å²) < 4.78 is 1.02. The molecule has 0 fully saturated rings. The lowest BCUT2D eigenvalue weighted by Gasteiger charge is -2.14. The van der Waals surface area contributed by atoms with E-state index in [9.17, 15) is 0 Å². The molecule has 3 nitrogen and oxygen atoms in total. The second kappa shape index (κ2) is 6.95. The number of aromatic nitrogens is 2. The van der Waals surface area contributed by atoms with E-state index >= 15 is 0 Å². The number of hydrogen-bond acceptors (Lipinski definition) is 3. The third kappa shape index (κ3) is 3.07. The molecular formula is C16H20BrN3. The van der Waals surface area contributed by atoms with Gasteiger partial charge in [0, 0.05) is 21.4 Å². The highest BCUT2D eigenvalue weighted by Gasteiger charge is 2.14. The van der Waals surface area contributed by atoms with Crippen molar-refractivity contribution in [3.8, 4) is 11.4 Å². The maximum atomic E-state index is 5.72. The molecule has 0 spiro atoms. The van der Waals surface area contributed by atoms with E-state index in [0.717, 1.165) is 46.5 Å². The molecule has 0 aliphatic carbocycles. The Bertz CT molecular complexity index is 571. The van der Waals surface area contributed by atoms with Crippen LogP contribution in [0.3, 0.4) is 0 Å². The first-order valence-electron chi connectivity index (χ1n) is 7.04. The first kappa shape index (κ1) is 15.1. The van der Waals surface area contributed by atoms with Crippen LogP contribution in [0.2, 0.25) is 0 Å². The van der Waals surface area contributed by atoms with Gasteiger partial charge in [0.2, 0.25) is 0 Å². The second-order valence-corrected chi connectivity index (χ2v) is 5.50. The number of halogens is 1. The Balaban J connectivity index is 2.59. The van der Waals surface area contributed by atoms with Crippen molar-refractivity contribution in [3.63, 3.8) is 0 Å². The highest BCUT2D eigenvalue weighted by atomic mass is 79.9. The number of nitrogens with two attached hydrogens (primary N) is 1. The minimum Gasteiger partial charge on any atom is -0.330 e. The van der Waals surface area contributed by atoms with Crippen LogP contribution in [0.1, 0.15) is 30.8 Å². The Labute approximate surface area is 128 Å². The van der Waals surface area contributed by atoms with E-state index in [0.29, 0.717) is 6.54 Å². The van der Waals surface area contributed by atoms with Crippen molar-refractivity contribution in [2.75, 3.05) is 6.54 Å². The van der Waals surface area contributed by atoms with Crippen molar-refractivity contribution in [1.29, 1.82) is 0 Å². The fourth-order valence-electron chi connectivity index (χ4n) is 2.36. The maximum Gasteiger partial charge on any atom is 0.160 e. The van der Waals surface area contributed by atoms with Gasteiger partial charge in [-0.1, -0.05) is 48.0 Å². The number of rotatable bonds is 5. The zero-order valence-corrected chi connectivity index (χ0v) is 13.6. The summed E-state index contributed by atoms with van der Waals surface area (Å²) in [7, 11) is 0. The first-order chi connectivity index (χ1) is 9.71. The molecular weight excluding hydrogens is 314 g/mol. The largest absolute Gasteiger partial charge is 0.330 e. The Hall–Kier alpha value is -1.26. The minimum absolute atomic E-state index is 0.637. The third-order valence-electron chi connectivity index (χ3n) is 3.36. The SMILES string of the molecule is CCc1nc(-c2ccccc2Br)nc(CC)c1CCN. The summed E-state index contributed by atoms with van der Waals surface area (Å²) in [4.78, 5) is 9.51. The molecule has 0 atom stereocenters. The summed E-state index contributed by atoms with van der Waals surface area (Å²) in [5.41, 5.74) is 10.2. The highest BCUT2D eigenvalue weighted by molar-refractivity contribution is 9.10. The van der Waals surface area contributed by atoms with E-state index in [-0.39, 0.29) is 0 Å². The molecule has 1 aromatic carbocycles. The first-order valence-corrected chi connectivity index (χ1v) is 7.84. The van der Waals surface area contributed by atoms with Gasteiger partial charge in [-0.25, -0.2) is 9.97 Å². The molecule has 0 radical (unpaired) electrons. The van der Waals surface area contributed by atoms with Crippen LogP contribution in [0, 0.1) is 0 Å². The molecule has 0 saturated heterocycles. The number of nitrogens with zero attached hydrogens (tertiary/aromatic N) is 2. The molecule has 2 aromatic rings. The van der Waals surface area contributed by atoms with Crippen molar-refractivity contribution in [3.05, 3.63) is 45.7 Å². The lowest BCUT2D eigenvalue weighted by molar-refractivity contribution is 0.844. The molecule has 0 saturated carbocycles. The van der Waals surface area contributed by atoms with E-state index in [4.69, 9.17) is 15.7 Å². The van der Waals surface area contributed by atoms with E-state index in [2.05, 4.69) is 29.8 Å². The quantitative estimate of drug-likeness (QED) is 0.910. The summed E-state index contributed by atoms with van der Waals surface area (Å²) in [6.07, 6.45) is 2.66. The number of aryl methyl sites for hydroxylation is 2. The summed E-state index contributed by atoms with van der Waals surface area (Å²) in [6.45, 7) is 4.90. The van der Waals surface area contributed by atoms with Crippen molar-refractivity contribution in [2.24, 2.45) is 5.73 Å². The van der Waals surface area contributed by atoms with E-state index in [1.165, 1.54) is 5.56 Å². The predicted octanol–water partition coefficient (Wildman–Crippen LogP) is 3.53. The van der Waals surface area contributed by atoms with Crippen molar-refractivity contribution in [1.82, 2.24) is 9.97 Å². The monoisotopic (exact) mass is 333 g/mol. The van der Waals surface area contributed by atoms with E-state index in [1.807, 2.05) is 24.3 Å². The standard InChI is InChI=1S/C16H20BrN3/c1-3-14-12(9-10-18)15(4-2)20-16(19-14)11-7-5-6-8-13(11)17/h5-8H,3-4,9-10,18H2,1-2H3. The molecule has 0 bridgehead atoms. The zero-order valence-electron chi connectivity index (χ0n) is 12.0.